The molecule has 0 atom stereocenters. The van der Waals surface area contributed by atoms with E-state index in [2.05, 4.69) is 22.0 Å². The first-order chi connectivity index (χ1) is 13.5. The molecule has 0 bridgehead atoms. The molecule has 3 rings (SSSR count). The van der Waals surface area contributed by atoms with Gasteiger partial charge in [0.25, 0.3) is 0 Å². The molecule has 7 heteroatoms. The summed E-state index contributed by atoms with van der Waals surface area (Å²) < 4.78 is 28.6. The van der Waals surface area contributed by atoms with Crippen LogP contribution < -0.4 is 19.9 Å². The fourth-order valence-electron chi connectivity index (χ4n) is 3.02. The fraction of sp³-hybridized carbons (Fsp3) is 0.286. The number of carbonyl (C=O) groups excluding carboxylic acids is 1. The summed E-state index contributed by atoms with van der Waals surface area (Å²) in [6.45, 7) is 1.45. The number of quaternary nitrogens is 1. The van der Waals surface area contributed by atoms with Gasteiger partial charge in [0.2, 0.25) is 5.91 Å². The van der Waals surface area contributed by atoms with Gasteiger partial charge in [-0.3, -0.25) is 4.79 Å². The second-order valence-electron chi connectivity index (χ2n) is 6.76. The standard InChI is InChI=1S/C21H23F2N3O2/c1-25-12-14-26(15-13-25)18-7-5-17(6-8-18)24-20(27)11-4-16-2-9-19(10-3-16)28-21(22)23/h2-11,21H,12-15H2,1H3,(H,24,27)/p+1/b11-4+. The highest BCUT2D eigenvalue weighted by atomic mass is 19.3. The minimum atomic E-state index is -2.85. The zero-order valence-electron chi connectivity index (χ0n) is 15.7. The van der Waals surface area contributed by atoms with E-state index in [9.17, 15) is 13.6 Å². The molecule has 0 aliphatic carbocycles. The number of amides is 1. The minimum Gasteiger partial charge on any atom is -0.435 e. The van der Waals surface area contributed by atoms with Crippen molar-refractivity contribution in [3.05, 3.63) is 60.2 Å². The predicted octanol–water partition coefficient (Wildman–Crippen LogP) is 2.27. The Bertz CT molecular complexity index is 799. The summed E-state index contributed by atoms with van der Waals surface area (Å²) in [7, 11) is 2.20. The van der Waals surface area contributed by atoms with Gasteiger partial charge < -0.3 is 19.9 Å². The first-order valence-corrected chi connectivity index (χ1v) is 9.20. The quantitative estimate of drug-likeness (QED) is 0.747. The monoisotopic (exact) mass is 388 g/mol. The lowest BCUT2D eigenvalue weighted by atomic mass is 10.2. The van der Waals surface area contributed by atoms with Crippen LogP contribution in [0.25, 0.3) is 6.08 Å². The van der Waals surface area contributed by atoms with Crippen molar-refractivity contribution in [2.45, 2.75) is 6.61 Å². The van der Waals surface area contributed by atoms with Crippen molar-refractivity contribution in [2.24, 2.45) is 0 Å². The summed E-state index contributed by atoms with van der Waals surface area (Å²) in [5.74, 6) is -0.178. The van der Waals surface area contributed by atoms with Gasteiger partial charge in [0.1, 0.15) is 5.75 Å². The Kier molecular flexibility index (Phi) is 6.60. The number of alkyl halides is 2. The highest BCUT2D eigenvalue weighted by Crippen LogP contribution is 2.18. The molecule has 0 unspecified atom stereocenters. The van der Waals surface area contributed by atoms with Crippen molar-refractivity contribution in [2.75, 3.05) is 43.4 Å². The van der Waals surface area contributed by atoms with Crippen LogP contribution in [0.3, 0.4) is 0 Å². The van der Waals surface area contributed by atoms with Crippen molar-refractivity contribution < 1.29 is 23.2 Å². The van der Waals surface area contributed by atoms with E-state index in [4.69, 9.17) is 0 Å². The second kappa shape index (κ2) is 9.32. The van der Waals surface area contributed by atoms with Crippen LogP contribution in [0, 0.1) is 0 Å². The number of piperazine rings is 1. The average Bonchev–Trinajstić information content (AvgIpc) is 2.68. The van der Waals surface area contributed by atoms with Gasteiger partial charge in [-0.05, 0) is 48.0 Å². The van der Waals surface area contributed by atoms with Crippen molar-refractivity contribution >= 4 is 23.4 Å². The van der Waals surface area contributed by atoms with E-state index in [-0.39, 0.29) is 11.7 Å². The lowest BCUT2D eigenvalue weighted by Crippen LogP contribution is -3.12. The number of halogens is 2. The molecule has 28 heavy (non-hydrogen) atoms. The smallest absolute Gasteiger partial charge is 0.387 e. The third-order valence-corrected chi connectivity index (χ3v) is 4.65. The summed E-state index contributed by atoms with van der Waals surface area (Å²) in [5.41, 5.74) is 2.59. The molecule has 1 saturated heterocycles. The molecule has 5 nitrogen and oxygen atoms in total. The van der Waals surface area contributed by atoms with E-state index >= 15 is 0 Å². The Morgan fingerprint density at radius 2 is 1.75 bits per heavy atom. The maximum Gasteiger partial charge on any atom is 0.387 e. The predicted molar refractivity (Wildman–Crippen MR) is 106 cm³/mol. The number of nitrogens with zero attached hydrogens (tertiary/aromatic N) is 1. The highest BCUT2D eigenvalue weighted by Gasteiger charge is 2.16. The maximum absolute atomic E-state index is 12.1. The second-order valence-corrected chi connectivity index (χ2v) is 6.76. The Hall–Kier alpha value is -2.93. The van der Waals surface area contributed by atoms with Crippen molar-refractivity contribution in [3.63, 3.8) is 0 Å². The Morgan fingerprint density at radius 1 is 1.11 bits per heavy atom. The van der Waals surface area contributed by atoms with E-state index in [0.29, 0.717) is 5.56 Å². The summed E-state index contributed by atoms with van der Waals surface area (Å²) >= 11 is 0. The lowest BCUT2D eigenvalue weighted by molar-refractivity contribution is -0.880. The maximum atomic E-state index is 12.1. The van der Waals surface area contributed by atoms with Gasteiger partial charge in [-0.1, -0.05) is 12.1 Å². The molecule has 0 saturated carbocycles. The molecule has 148 valence electrons. The van der Waals surface area contributed by atoms with E-state index in [1.165, 1.54) is 18.2 Å². The zero-order valence-corrected chi connectivity index (χ0v) is 15.7. The van der Waals surface area contributed by atoms with Crippen molar-refractivity contribution in [1.29, 1.82) is 0 Å². The number of carbonyl (C=O) groups is 1. The fourth-order valence-corrected chi connectivity index (χ4v) is 3.02. The number of ether oxygens (including phenoxy) is 1. The third-order valence-electron chi connectivity index (χ3n) is 4.65. The molecule has 0 spiro atoms. The van der Waals surface area contributed by atoms with E-state index < -0.39 is 6.61 Å². The first-order valence-electron chi connectivity index (χ1n) is 9.20. The number of hydrogen-bond donors (Lipinski definition) is 2. The lowest BCUT2D eigenvalue weighted by Gasteiger charge is -2.31. The Labute approximate surface area is 163 Å². The number of rotatable bonds is 6. The van der Waals surface area contributed by atoms with Gasteiger partial charge in [0.15, 0.2) is 0 Å². The van der Waals surface area contributed by atoms with Gasteiger partial charge in [0.05, 0.1) is 33.2 Å². The molecule has 2 aromatic carbocycles. The average molecular weight is 388 g/mol. The molecule has 0 radical (unpaired) electrons. The van der Waals surface area contributed by atoms with E-state index in [0.717, 1.165) is 37.6 Å². The van der Waals surface area contributed by atoms with Crippen LogP contribution in [0.2, 0.25) is 0 Å². The zero-order chi connectivity index (χ0) is 19.9. The van der Waals surface area contributed by atoms with Crippen molar-refractivity contribution in [1.82, 2.24) is 0 Å². The van der Waals surface area contributed by atoms with Crippen LogP contribution >= 0.6 is 0 Å². The number of hydrogen-bond acceptors (Lipinski definition) is 3. The van der Waals surface area contributed by atoms with Crippen LogP contribution in [0.15, 0.2) is 54.6 Å². The van der Waals surface area contributed by atoms with Crippen LogP contribution in [0.4, 0.5) is 20.2 Å². The van der Waals surface area contributed by atoms with Gasteiger partial charge >= 0.3 is 6.61 Å². The van der Waals surface area contributed by atoms with Crippen LogP contribution in [-0.4, -0.2) is 45.7 Å². The van der Waals surface area contributed by atoms with E-state index in [1.54, 1.807) is 23.1 Å². The van der Waals surface area contributed by atoms with Gasteiger partial charge in [-0.2, -0.15) is 8.78 Å². The van der Waals surface area contributed by atoms with Gasteiger partial charge in [-0.25, -0.2) is 0 Å². The summed E-state index contributed by atoms with van der Waals surface area (Å²) in [6, 6.07) is 13.9. The molecule has 1 aliphatic rings. The van der Waals surface area contributed by atoms with Crippen molar-refractivity contribution in [3.8, 4) is 5.75 Å². The summed E-state index contributed by atoms with van der Waals surface area (Å²) in [6.07, 6.45) is 3.02. The molecule has 1 heterocycles. The molecular weight excluding hydrogens is 364 g/mol. The van der Waals surface area contributed by atoms with Crippen LogP contribution in [0.1, 0.15) is 5.56 Å². The van der Waals surface area contributed by atoms with E-state index in [1.807, 2.05) is 24.3 Å². The number of benzene rings is 2. The molecule has 1 fully saturated rings. The Balaban J connectivity index is 1.52. The molecule has 2 aromatic rings. The largest absolute Gasteiger partial charge is 0.435 e. The molecule has 0 aromatic heterocycles. The van der Waals surface area contributed by atoms with Gasteiger partial charge in [-0.15, -0.1) is 0 Å². The molecule has 2 N–H and O–H groups in total. The topological polar surface area (TPSA) is 46.0 Å². The SMILES string of the molecule is C[NH+]1CCN(c2ccc(NC(=O)/C=C/c3ccc(OC(F)F)cc3)cc2)CC1. The number of anilines is 2. The molecule has 1 amide bonds. The van der Waals surface area contributed by atoms with Gasteiger partial charge in [0, 0.05) is 17.5 Å². The third kappa shape index (κ3) is 5.79. The number of likely N-dealkylation sites (N-methyl/N-ethyl adjacent to an activating group) is 1. The minimum absolute atomic E-state index is 0.0819. The molecule has 1 aliphatic heterocycles. The summed E-state index contributed by atoms with van der Waals surface area (Å²) in [5, 5.41) is 2.81. The normalized spacial score (nSPS) is 15.2. The Morgan fingerprint density at radius 3 is 2.36 bits per heavy atom. The van der Waals surface area contributed by atoms with Crippen LogP contribution in [0.5, 0.6) is 5.75 Å². The number of nitrogens with one attached hydrogen (secondary N) is 2. The highest BCUT2D eigenvalue weighted by molar-refractivity contribution is 6.02. The molecular formula is C21H24F2N3O2+. The summed E-state index contributed by atoms with van der Waals surface area (Å²) in [4.78, 5) is 16.0. The first kappa shape index (κ1) is 19.8. The van der Waals surface area contributed by atoms with Crippen LogP contribution in [-0.2, 0) is 4.79 Å².